The number of hydrogen-bond donors (Lipinski definition) is 2. The second-order valence-corrected chi connectivity index (χ2v) is 5.22. The third-order valence-electron chi connectivity index (χ3n) is 2.74. The molecule has 0 saturated heterocycles. The first-order chi connectivity index (χ1) is 7.60. The van der Waals surface area contributed by atoms with Crippen molar-refractivity contribution < 1.29 is 0 Å². The Morgan fingerprint density at radius 3 is 2.75 bits per heavy atom. The van der Waals surface area contributed by atoms with E-state index in [9.17, 15) is 0 Å². The molecule has 0 saturated carbocycles. The first-order valence-electron chi connectivity index (χ1n) is 5.68. The topological polar surface area (TPSA) is 55.9 Å². The third-order valence-corrected chi connectivity index (χ3v) is 3.78. The molecule has 5 heteroatoms. The molecule has 0 bridgehead atoms. The van der Waals surface area contributed by atoms with Gasteiger partial charge in [0.2, 0.25) is 0 Å². The maximum atomic E-state index is 6.01. The van der Waals surface area contributed by atoms with Crippen LogP contribution < -0.4 is 11.1 Å². The Balaban J connectivity index is 2.56. The summed E-state index contributed by atoms with van der Waals surface area (Å²) in [4.78, 5) is 0. The minimum absolute atomic E-state index is 0.674. The molecule has 1 aromatic heterocycles. The van der Waals surface area contributed by atoms with Crippen LogP contribution in [0.5, 0.6) is 0 Å². The van der Waals surface area contributed by atoms with E-state index in [0.29, 0.717) is 5.25 Å². The third kappa shape index (κ3) is 3.07. The maximum Gasteiger partial charge on any atom is 0.147 e. The van der Waals surface area contributed by atoms with E-state index in [0.717, 1.165) is 36.6 Å². The zero-order valence-corrected chi connectivity index (χ0v) is 11.4. The van der Waals surface area contributed by atoms with E-state index in [1.54, 1.807) is 0 Å². The van der Waals surface area contributed by atoms with Gasteiger partial charge in [-0.2, -0.15) is 16.9 Å². The lowest BCUT2D eigenvalue weighted by Crippen LogP contribution is -2.11. The number of aromatic nitrogens is 2. The normalized spacial score (nSPS) is 12.8. The number of nitrogen functional groups attached to an aromatic ring is 1. The minimum Gasteiger partial charge on any atom is -0.394 e. The van der Waals surface area contributed by atoms with Crippen molar-refractivity contribution in [3.63, 3.8) is 0 Å². The fourth-order valence-electron chi connectivity index (χ4n) is 1.58. The van der Waals surface area contributed by atoms with Crippen molar-refractivity contribution in [1.29, 1.82) is 0 Å². The van der Waals surface area contributed by atoms with Crippen LogP contribution in [0.2, 0.25) is 0 Å². The number of thioether (sulfide) groups is 1. The fourth-order valence-corrected chi connectivity index (χ4v) is 1.93. The molecule has 4 nitrogen and oxygen atoms in total. The highest BCUT2D eigenvalue weighted by Crippen LogP contribution is 2.22. The summed E-state index contributed by atoms with van der Waals surface area (Å²) in [5.41, 5.74) is 7.78. The highest BCUT2D eigenvalue weighted by atomic mass is 32.2. The van der Waals surface area contributed by atoms with Crippen LogP contribution in [0.25, 0.3) is 0 Å². The van der Waals surface area contributed by atoms with E-state index in [1.807, 2.05) is 23.5 Å². The molecule has 1 unspecified atom stereocenters. The molecule has 0 amide bonds. The van der Waals surface area contributed by atoms with E-state index in [1.165, 1.54) is 0 Å². The fraction of sp³-hybridized carbons (Fsp3) is 0.727. The van der Waals surface area contributed by atoms with E-state index in [4.69, 9.17) is 5.73 Å². The van der Waals surface area contributed by atoms with Crippen molar-refractivity contribution in [3.05, 3.63) is 5.69 Å². The lowest BCUT2D eigenvalue weighted by Gasteiger charge is -2.10. The zero-order valence-electron chi connectivity index (χ0n) is 10.6. The van der Waals surface area contributed by atoms with Crippen LogP contribution >= 0.6 is 11.8 Å². The Morgan fingerprint density at radius 2 is 2.25 bits per heavy atom. The minimum atomic E-state index is 0.674. The molecule has 0 fully saturated rings. The predicted molar refractivity (Wildman–Crippen MR) is 73.1 cm³/mol. The van der Waals surface area contributed by atoms with Gasteiger partial charge in [0.1, 0.15) is 5.82 Å². The number of nitrogens with one attached hydrogen (secondary N) is 1. The summed E-state index contributed by atoms with van der Waals surface area (Å²) in [6.45, 7) is 5.24. The van der Waals surface area contributed by atoms with Crippen LogP contribution in [-0.2, 0) is 13.5 Å². The molecular weight excluding hydrogens is 220 g/mol. The van der Waals surface area contributed by atoms with E-state index >= 15 is 0 Å². The highest BCUT2D eigenvalue weighted by Gasteiger charge is 2.11. The second kappa shape index (κ2) is 6.03. The van der Waals surface area contributed by atoms with Gasteiger partial charge in [-0.05, 0) is 19.1 Å². The van der Waals surface area contributed by atoms with Crippen LogP contribution in [0.1, 0.15) is 26.0 Å². The van der Waals surface area contributed by atoms with Gasteiger partial charge in [0.15, 0.2) is 0 Å². The van der Waals surface area contributed by atoms with Crippen molar-refractivity contribution in [2.45, 2.75) is 31.9 Å². The van der Waals surface area contributed by atoms with Gasteiger partial charge in [-0.15, -0.1) is 0 Å². The van der Waals surface area contributed by atoms with Crippen LogP contribution in [0.15, 0.2) is 0 Å². The molecule has 0 aromatic carbocycles. The van der Waals surface area contributed by atoms with Gasteiger partial charge in [-0.3, -0.25) is 4.68 Å². The Kier molecular flexibility index (Phi) is 4.99. The molecule has 0 spiro atoms. The molecule has 1 aromatic rings. The summed E-state index contributed by atoms with van der Waals surface area (Å²) < 4.78 is 1.83. The number of rotatable bonds is 6. The van der Waals surface area contributed by atoms with E-state index < -0.39 is 0 Å². The summed E-state index contributed by atoms with van der Waals surface area (Å²) in [6, 6.07) is 0. The summed E-state index contributed by atoms with van der Waals surface area (Å²) in [5.74, 6) is 0.949. The average molecular weight is 242 g/mol. The summed E-state index contributed by atoms with van der Waals surface area (Å²) in [6.07, 6.45) is 4.15. The molecule has 1 rings (SSSR count). The summed E-state index contributed by atoms with van der Waals surface area (Å²) in [7, 11) is 1.93. The molecule has 1 atom stereocenters. The number of aryl methyl sites for hydroxylation is 2. The van der Waals surface area contributed by atoms with Gasteiger partial charge in [0.25, 0.3) is 0 Å². The van der Waals surface area contributed by atoms with Gasteiger partial charge >= 0.3 is 0 Å². The van der Waals surface area contributed by atoms with Crippen LogP contribution in [0.3, 0.4) is 0 Å². The van der Waals surface area contributed by atoms with Crippen LogP contribution in [0, 0.1) is 0 Å². The molecule has 16 heavy (non-hydrogen) atoms. The quantitative estimate of drug-likeness (QED) is 0.802. The Labute approximate surface area is 102 Å². The van der Waals surface area contributed by atoms with Crippen molar-refractivity contribution in [2.75, 3.05) is 23.9 Å². The van der Waals surface area contributed by atoms with Crippen LogP contribution in [0.4, 0.5) is 11.5 Å². The molecule has 1 heterocycles. The number of anilines is 2. The average Bonchev–Trinajstić information content (AvgIpc) is 2.55. The largest absolute Gasteiger partial charge is 0.394 e. The number of hydrogen-bond acceptors (Lipinski definition) is 4. The lowest BCUT2D eigenvalue weighted by atomic mass is 10.3. The first-order valence-corrected chi connectivity index (χ1v) is 6.96. The first kappa shape index (κ1) is 13.2. The number of nitrogens with zero attached hydrogens (tertiary/aromatic N) is 2. The molecule has 0 aliphatic rings. The Morgan fingerprint density at radius 1 is 1.56 bits per heavy atom. The smallest absolute Gasteiger partial charge is 0.147 e. The molecule has 0 aliphatic heterocycles. The molecule has 92 valence electrons. The van der Waals surface area contributed by atoms with Gasteiger partial charge in [-0.1, -0.05) is 13.8 Å². The predicted octanol–water partition coefficient (Wildman–Crippen LogP) is 2.12. The van der Waals surface area contributed by atoms with Gasteiger partial charge in [0, 0.05) is 18.8 Å². The van der Waals surface area contributed by atoms with Crippen molar-refractivity contribution in [2.24, 2.45) is 7.05 Å². The van der Waals surface area contributed by atoms with Gasteiger partial charge in [0.05, 0.1) is 11.4 Å². The summed E-state index contributed by atoms with van der Waals surface area (Å²) in [5, 5.41) is 8.41. The monoisotopic (exact) mass is 242 g/mol. The maximum absolute atomic E-state index is 6.01. The van der Waals surface area contributed by atoms with Crippen LogP contribution in [-0.4, -0.2) is 27.8 Å². The van der Waals surface area contributed by atoms with Crippen molar-refractivity contribution in [1.82, 2.24) is 9.78 Å². The molecular formula is C11H22N4S. The Hall–Kier alpha value is -0.840. The number of nitrogens with two attached hydrogens (primary N) is 1. The standard InChI is InChI=1S/C11H22N4S/c1-5-9-10(12)11(15(3)14-9)13-7-6-8(2)16-4/h8,13H,5-7,12H2,1-4H3. The van der Waals surface area contributed by atoms with Gasteiger partial charge < -0.3 is 11.1 Å². The van der Waals surface area contributed by atoms with E-state index in [-0.39, 0.29) is 0 Å². The van der Waals surface area contributed by atoms with Crippen molar-refractivity contribution in [3.8, 4) is 0 Å². The van der Waals surface area contributed by atoms with E-state index in [2.05, 4.69) is 30.5 Å². The lowest BCUT2D eigenvalue weighted by molar-refractivity contribution is 0.742. The molecule has 0 aliphatic carbocycles. The summed E-state index contributed by atoms with van der Waals surface area (Å²) >= 11 is 1.88. The molecule has 3 N–H and O–H groups in total. The highest BCUT2D eigenvalue weighted by molar-refractivity contribution is 7.99. The molecule has 0 radical (unpaired) electrons. The Bertz CT molecular complexity index is 335. The second-order valence-electron chi connectivity index (χ2n) is 3.95. The van der Waals surface area contributed by atoms with Gasteiger partial charge in [-0.25, -0.2) is 0 Å². The van der Waals surface area contributed by atoms with Crippen molar-refractivity contribution >= 4 is 23.3 Å². The zero-order chi connectivity index (χ0) is 12.1. The SMILES string of the molecule is CCc1nn(C)c(NCCC(C)SC)c1N.